The van der Waals surface area contributed by atoms with Crippen LogP contribution in [0, 0.1) is 6.92 Å². The average molecular weight is 328 g/mol. The van der Waals surface area contributed by atoms with E-state index >= 15 is 0 Å². The molecule has 2 rings (SSSR count). The van der Waals surface area contributed by atoms with Crippen LogP contribution in [0.25, 0.3) is 0 Å². The summed E-state index contributed by atoms with van der Waals surface area (Å²) in [6.45, 7) is 4.66. The molecule has 2 N–H and O–H groups in total. The summed E-state index contributed by atoms with van der Waals surface area (Å²) < 4.78 is 5.20. The van der Waals surface area contributed by atoms with Gasteiger partial charge in [0.25, 0.3) is 0 Å². The van der Waals surface area contributed by atoms with Crippen molar-refractivity contribution >= 4 is 23.0 Å². The van der Waals surface area contributed by atoms with Gasteiger partial charge in [-0.2, -0.15) is 5.10 Å². The van der Waals surface area contributed by atoms with Gasteiger partial charge < -0.3 is 10.1 Å². The van der Waals surface area contributed by atoms with Gasteiger partial charge in [-0.25, -0.2) is 0 Å². The molecule has 0 amide bonds. The van der Waals surface area contributed by atoms with Gasteiger partial charge in [-0.1, -0.05) is 6.07 Å². The Labute approximate surface area is 141 Å². The minimum atomic E-state index is 0.478. The molecule has 0 radical (unpaired) electrons. The molecular formula is C17H20N4OS. The smallest absolute Gasteiger partial charge is 0.186 e. The number of hydrogen-bond donors (Lipinski definition) is 2. The lowest BCUT2D eigenvalue weighted by atomic mass is 10.1. The number of nitrogens with zero attached hydrogens (tertiary/aromatic N) is 2. The van der Waals surface area contributed by atoms with E-state index in [1.807, 2.05) is 56.3 Å². The van der Waals surface area contributed by atoms with Gasteiger partial charge in [-0.3, -0.25) is 10.4 Å². The zero-order valence-corrected chi connectivity index (χ0v) is 14.3. The minimum absolute atomic E-state index is 0.478. The van der Waals surface area contributed by atoms with Crippen LogP contribution in [-0.4, -0.2) is 29.5 Å². The number of nitrogens with one attached hydrogen (secondary N) is 2. The third kappa shape index (κ3) is 4.75. The molecule has 1 heterocycles. The molecular weight excluding hydrogens is 308 g/mol. The molecule has 0 aliphatic heterocycles. The van der Waals surface area contributed by atoms with Crippen LogP contribution in [-0.2, 0) is 0 Å². The minimum Gasteiger partial charge on any atom is -0.497 e. The predicted molar refractivity (Wildman–Crippen MR) is 97.0 cm³/mol. The van der Waals surface area contributed by atoms with E-state index in [1.165, 1.54) is 0 Å². The zero-order valence-electron chi connectivity index (χ0n) is 13.5. The molecule has 1 aromatic carbocycles. The van der Waals surface area contributed by atoms with Crippen molar-refractivity contribution in [2.24, 2.45) is 5.10 Å². The van der Waals surface area contributed by atoms with E-state index in [2.05, 4.69) is 20.8 Å². The Kier molecular flexibility index (Phi) is 6.05. The highest BCUT2D eigenvalue weighted by atomic mass is 32.1. The lowest BCUT2D eigenvalue weighted by molar-refractivity contribution is 0.415. The van der Waals surface area contributed by atoms with Gasteiger partial charge in [0.05, 0.1) is 12.8 Å². The lowest BCUT2D eigenvalue weighted by Gasteiger charge is -2.10. The van der Waals surface area contributed by atoms with Crippen LogP contribution in [0.2, 0.25) is 0 Å². The van der Waals surface area contributed by atoms with Crippen molar-refractivity contribution in [2.45, 2.75) is 13.8 Å². The molecule has 6 heteroatoms. The van der Waals surface area contributed by atoms with Gasteiger partial charge >= 0.3 is 0 Å². The molecule has 0 spiro atoms. The lowest BCUT2D eigenvalue weighted by Crippen LogP contribution is -2.32. The highest BCUT2D eigenvalue weighted by Gasteiger charge is 2.10. The maximum atomic E-state index is 5.20. The van der Waals surface area contributed by atoms with Crippen LogP contribution < -0.4 is 15.5 Å². The summed E-state index contributed by atoms with van der Waals surface area (Å²) in [7, 11) is 1.64. The number of hydrogen-bond acceptors (Lipinski definition) is 4. The fourth-order valence-corrected chi connectivity index (χ4v) is 2.19. The van der Waals surface area contributed by atoms with Gasteiger partial charge in [0.2, 0.25) is 0 Å². The van der Waals surface area contributed by atoms with Gasteiger partial charge in [0.1, 0.15) is 11.5 Å². The van der Waals surface area contributed by atoms with Crippen LogP contribution >= 0.6 is 12.2 Å². The first kappa shape index (κ1) is 16.9. The topological polar surface area (TPSA) is 58.5 Å². The maximum Gasteiger partial charge on any atom is 0.186 e. The number of thiocarbonyl (C=S) groups is 1. The number of hydrazone groups is 1. The quantitative estimate of drug-likeness (QED) is 0.502. The number of ether oxygens (including phenoxy) is 1. The van der Waals surface area contributed by atoms with Gasteiger partial charge in [-0.15, -0.1) is 0 Å². The molecule has 0 aliphatic carbocycles. The average Bonchev–Trinajstić information content (AvgIpc) is 2.56. The molecule has 120 valence electrons. The van der Waals surface area contributed by atoms with Crippen LogP contribution in [0.3, 0.4) is 0 Å². The molecule has 0 aliphatic rings. The third-order valence-electron chi connectivity index (χ3n) is 3.10. The van der Waals surface area contributed by atoms with Crippen molar-refractivity contribution in [3.05, 3.63) is 59.4 Å². The summed E-state index contributed by atoms with van der Waals surface area (Å²) in [6, 6.07) is 13.5. The maximum absolute atomic E-state index is 5.20. The second kappa shape index (κ2) is 8.24. The molecule has 1 aromatic heterocycles. The van der Waals surface area contributed by atoms with E-state index in [-0.39, 0.29) is 0 Å². The second-order valence-corrected chi connectivity index (χ2v) is 5.23. The van der Waals surface area contributed by atoms with Gasteiger partial charge in [0.15, 0.2) is 5.11 Å². The highest BCUT2D eigenvalue weighted by Crippen LogP contribution is 2.15. The monoisotopic (exact) mass is 328 g/mol. The normalized spacial score (nSPS) is 11.0. The highest BCUT2D eigenvalue weighted by molar-refractivity contribution is 7.80. The van der Waals surface area contributed by atoms with Crippen molar-refractivity contribution in [1.29, 1.82) is 0 Å². The van der Waals surface area contributed by atoms with Gasteiger partial charge in [0, 0.05) is 17.8 Å². The first-order valence-corrected chi connectivity index (χ1v) is 7.75. The molecule has 0 saturated heterocycles. The Bertz CT molecular complexity index is 698. The van der Waals surface area contributed by atoms with E-state index in [1.54, 1.807) is 7.11 Å². The number of pyridine rings is 1. The largest absolute Gasteiger partial charge is 0.497 e. The van der Waals surface area contributed by atoms with Crippen molar-refractivity contribution < 1.29 is 4.74 Å². The fourth-order valence-electron chi connectivity index (χ4n) is 2.00. The Hall–Kier alpha value is -2.47. The molecule has 0 bridgehead atoms. The van der Waals surface area contributed by atoms with Crippen molar-refractivity contribution in [3.8, 4) is 5.75 Å². The first-order valence-electron chi connectivity index (χ1n) is 7.34. The summed E-state index contributed by atoms with van der Waals surface area (Å²) in [5.41, 5.74) is 6.22. The van der Waals surface area contributed by atoms with E-state index in [9.17, 15) is 0 Å². The second-order valence-electron chi connectivity index (χ2n) is 4.82. The van der Waals surface area contributed by atoms with Crippen LogP contribution in [0.15, 0.2) is 47.6 Å². The summed E-state index contributed by atoms with van der Waals surface area (Å²) in [6.07, 6.45) is 0. The molecule has 0 saturated carbocycles. The fraction of sp³-hybridized carbons (Fsp3) is 0.235. The first-order chi connectivity index (χ1) is 11.1. The Morgan fingerprint density at radius 3 is 2.57 bits per heavy atom. The predicted octanol–water partition coefficient (Wildman–Crippen LogP) is 2.64. The zero-order chi connectivity index (χ0) is 16.7. The Morgan fingerprint density at radius 1 is 1.22 bits per heavy atom. The van der Waals surface area contributed by atoms with Gasteiger partial charge in [-0.05, 0) is 62.5 Å². The Balaban J connectivity index is 2.37. The van der Waals surface area contributed by atoms with Crippen LogP contribution in [0.4, 0.5) is 0 Å². The molecule has 23 heavy (non-hydrogen) atoms. The summed E-state index contributed by atoms with van der Waals surface area (Å²) in [5, 5.41) is 7.92. The SMILES string of the molecule is CCNC(=S)N/N=C(/c1ccc(OC)cc1)c1cccc(C)n1. The van der Waals surface area contributed by atoms with E-state index in [0.717, 1.165) is 35.0 Å². The van der Waals surface area contributed by atoms with Crippen molar-refractivity contribution in [3.63, 3.8) is 0 Å². The molecule has 0 fully saturated rings. The number of methoxy groups -OCH3 is 1. The van der Waals surface area contributed by atoms with E-state index in [0.29, 0.717) is 5.11 Å². The summed E-state index contributed by atoms with van der Waals surface area (Å²) in [5.74, 6) is 0.793. The standard InChI is InChI=1S/C17H20N4OS/c1-4-18-17(23)21-20-16(15-7-5-6-12(2)19-15)13-8-10-14(22-3)11-9-13/h5-11H,4H2,1-3H3,(H2,18,21,23)/b20-16-. The molecule has 0 unspecified atom stereocenters. The molecule has 5 nitrogen and oxygen atoms in total. The van der Waals surface area contributed by atoms with Crippen molar-refractivity contribution in [2.75, 3.05) is 13.7 Å². The Morgan fingerprint density at radius 2 is 1.96 bits per heavy atom. The number of aryl methyl sites for hydroxylation is 1. The summed E-state index contributed by atoms with van der Waals surface area (Å²) in [4.78, 5) is 4.55. The number of benzene rings is 1. The molecule has 2 aromatic rings. The van der Waals surface area contributed by atoms with E-state index in [4.69, 9.17) is 17.0 Å². The van der Waals surface area contributed by atoms with Crippen molar-refractivity contribution in [1.82, 2.24) is 15.7 Å². The third-order valence-corrected chi connectivity index (χ3v) is 3.34. The summed E-state index contributed by atoms with van der Waals surface area (Å²) >= 11 is 5.17. The molecule has 0 atom stereocenters. The van der Waals surface area contributed by atoms with E-state index < -0.39 is 0 Å². The van der Waals surface area contributed by atoms with Crippen LogP contribution in [0.5, 0.6) is 5.75 Å². The number of rotatable bonds is 5. The number of aromatic nitrogens is 1. The van der Waals surface area contributed by atoms with Crippen LogP contribution in [0.1, 0.15) is 23.9 Å².